The summed E-state index contributed by atoms with van der Waals surface area (Å²) in [5.74, 6) is -7.85. The molecule has 0 atom stereocenters. The second-order valence-electron chi connectivity index (χ2n) is 1.73. The summed E-state index contributed by atoms with van der Waals surface area (Å²) < 4.78 is 7.09. The van der Waals surface area contributed by atoms with Crippen LogP contribution in [0.15, 0.2) is 0 Å². The highest BCUT2D eigenvalue weighted by atomic mass is 16.7. The number of carboxylic acids is 2. The van der Waals surface area contributed by atoms with Crippen LogP contribution < -0.4 is 0 Å². The lowest BCUT2D eigenvalue weighted by atomic mass is 10.2. The van der Waals surface area contributed by atoms with Crippen molar-refractivity contribution >= 4 is 31.2 Å². The predicted molar refractivity (Wildman–Crippen MR) is 35.4 cm³/mol. The molecule has 0 saturated heterocycles. The molecule has 14 heavy (non-hydrogen) atoms. The molecule has 3 N–H and O–H groups in total. The highest BCUT2D eigenvalue weighted by Crippen LogP contribution is 1.88. The van der Waals surface area contributed by atoms with Crippen LogP contribution >= 0.6 is 0 Å². The average Bonchev–Trinajstić information content (AvgIpc) is 2.03. The van der Waals surface area contributed by atoms with Crippen LogP contribution in [0.4, 0.5) is 0 Å². The summed E-state index contributed by atoms with van der Waals surface area (Å²) in [7, 11) is -2.57. The number of rotatable bonds is 2. The van der Waals surface area contributed by atoms with Crippen molar-refractivity contribution in [2.45, 2.75) is 0 Å². The molecule has 0 bridgehead atoms. The van der Waals surface area contributed by atoms with Gasteiger partial charge in [0.15, 0.2) is 0 Å². The fraction of sp³-hybridized carbons (Fsp3) is 0. The zero-order chi connectivity index (χ0) is 11.3. The summed E-state index contributed by atoms with van der Waals surface area (Å²) in [6, 6.07) is 0. The van der Waals surface area contributed by atoms with E-state index in [1.807, 2.05) is 0 Å². The van der Waals surface area contributed by atoms with E-state index in [2.05, 4.69) is 9.31 Å². The minimum atomic E-state index is -2.57. The Kier molecular flexibility index (Phi) is 4.10. The third-order valence-electron chi connectivity index (χ3n) is 0.765. The van der Waals surface area contributed by atoms with E-state index in [1.54, 1.807) is 0 Å². The largest absolute Gasteiger partial charge is 0.789 e. The first-order valence-electron chi connectivity index (χ1n) is 2.90. The molecule has 0 aliphatic carbocycles. The van der Waals surface area contributed by atoms with Gasteiger partial charge in [0.2, 0.25) is 0 Å². The number of aliphatic carboxylic acids is 2. The van der Waals surface area contributed by atoms with E-state index < -0.39 is 31.2 Å². The van der Waals surface area contributed by atoms with Crippen LogP contribution in [0.2, 0.25) is 0 Å². The molecule has 0 aliphatic heterocycles. The van der Waals surface area contributed by atoms with Crippen LogP contribution in [0.5, 0.6) is 0 Å². The van der Waals surface area contributed by atoms with Gasteiger partial charge in [-0.05, 0) is 0 Å². The molecule has 0 aliphatic rings. The van der Waals surface area contributed by atoms with Gasteiger partial charge in [0, 0.05) is 0 Å². The summed E-state index contributed by atoms with van der Waals surface area (Å²) in [4.78, 5) is 40.0. The van der Waals surface area contributed by atoms with E-state index in [-0.39, 0.29) is 0 Å². The van der Waals surface area contributed by atoms with Gasteiger partial charge in [-0.1, -0.05) is 0 Å². The lowest BCUT2D eigenvalue weighted by Crippen LogP contribution is -2.34. The van der Waals surface area contributed by atoms with Gasteiger partial charge >= 0.3 is 31.2 Å². The Morgan fingerprint density at radius 2 is 1.14 bits per heavy atom. The first-order valence-corrected chi connectivity index (χ1v) is 2.90. The van der Waals surface area contributed by atoms with Crippen LogP contribution in [0.3, 0.4) is 0 Å². The molecule has 0 spiro atoms. The smallest absolute Gasteiger partial charge is 0.473 e. The minimum absolute atomic E-state index is 1.89. The van der Waals surface area contributed by atoms with E-state index in [0.717, 1.165) is 0 Å². The molecule has 10 heteroatoms. The van der Waals surface area contributed by atoms with E-state index in [0.29, 0.717) is 0 Å². The van der Waals surface area contributed by atoms with Crippen LogP contribution in [0.1, 0.15) is 0 Å². The molecule has 0 saturated carbocycles. The molecule has 0 fully saturated rings. The Morgan fingerprint density at radius 3 is 1.36 bits per heavy atom. The quantitative estimate of drug-likeness (QED) is 0.322. The van der Waals surface area contributed by atoms with Crippen LogP contribution in [0, 0.1) is 0 Å². The monoisotopic (exact) mass is 206 g/mol. The number of carboxylic acid groups (broad SMARTS) is 2. The van der Waals surface area contributed by atoms with E-state index >= 15 is 0 Å². The second-order valence-corrected chi connectivity index (χ2v) is 1.73. The Balaban J connectivity index is 4.05. The van der Waals surface area contributed by atoms with Crippen molar-refractivity contribution < 1.29 is 43.7 Å². The van der Waals surface area contributed by atoms with Gasteiger partial charge in [-0.15, -0.1) is 0 Å². The molecule has 0 aromatic heterocycles. The van der Waals surface area contributed by atoms with Crippen molar-refractivity contribution in [3.63, 3.8) is 0 Å². The van der Waals surface area contributed by atoms with Crippen molar-refractivity contribution in [1.82, 2.24) is 0 Å². The molecule has 0 aromatic carbocycles. The van der Waals surface area contributed by atoms with Crippen LogP contribution in [0.25, 0.3) is 0 Å². The zero-order valence-corrected chi connectivity index (χ0v) is 6.37. The third-order valence-corrected chi connectivity index (χ3v) is 0.765. The molecule has 0 aromatic rings. The first kappa shape index (κ1) is 11.9. The van der Waals surface area contributed by atoms with Gasteiger partial charge in [-0.25, -0.2) is 19.2 Å². The molecule has 0 unspecified atom stereocenters. The standard InChI is InChI=1S/C4H3BO9/c6-1(7)3(10)13-5(12)14-4(11)2(8)9/h12H,(H,6,7)(H,8,9). The molecule has 0 amide bonds. The van der Waals surface area contributed by atoms with Gasteiger partial charge < -0.3 is 24.5 Å². The topological polar surface area (TPSA) is 147 Å². The highest BCUT2D eigenvalue weighted by molar-refractivity contribution is 6.48. The lowest BCUT2D eigenvalue weighted by molar-refractivity contribution is -0.164. The molecular weight excluding hydrogens is 203 g/mol. The number of carbonyl (C=O) groups excluding carboxylic acids is 2. The van der Waals surface area contributed by atoms with E-state index in [1.165, 1.54) is 0 Å². The van der Waals surface area contributed by atoms with Crippen molar-refractivity contribution in [3.05, 3.63) is 0 Å². The molecule has 0 radical (unpaired) electrons. The number of carbonyl (C=O) groups is 4. The Hall–Kier alpha value is -2.10. The van der Waals surface area contributed by atoms with Crippen molar-refractivity contribution in [2.75, 3.05) is 0 Å². The van der Waals surface area contributed by atoms with Gasteiger partial charge in [-0.2, -0.15) is 0 Å². The van der Waals surface area contributed by atoms with E-state index in [9.17, 15) is 19.2 Å². The second kappa shape index (κ2) is 4.82. The number of hydrogen-bond acceptors (Lipinski definition) is 7. The highest BCUT2D eigenvalue weighted by Gasteiger charge is 2.32. The third kappa shape index (κ3) is 4.06. The maximum atomic E-state index is 10.2. The van der Waals surface area contributed by atoms with Crippen molar-refractivity contribution in [2.24, 2.45) is 0 Å². The summed E-state index contributed by atoms with van der Waals surface area (Å²) in [5.41, 5.74) is 0. The number of hydrogen-bond donors (Lipinski definition) is 3. The predicted octanol–water partition coefficient (Wildman–Crippen LogP) is -2.78. The SMILES string of the molecule is O=C(O)C(=O)OB(O)OC(=O)C(=O)O. The minimum Gasteiger partial charge on any atom is -0.473 e. The van der Waals surface area contributed by atoms with Crippen LogP contribution in [-0.2, 0) is 28.5 Å². The van der Waals surface area contributed by atoms with E-state index in [4.69, 9.17) is 15.2 Å². The molecule has 76 valence electrons. The maximum absolute atomic E-state index is 10.2. The van der Waals surface area contributed by atoms with Gasteiger partial charge in [0.05, 0.1) is 0 Å². The normalized spacial score (nSPS) is 8.64. The summed E-state index contributed by atoms with van der Waals surface area (Å²) >= 11 is 0. The Morgan fingerprint density at radius 1 is 0.857 bits per heavy atom. The van der Waals surface area contributed by atoms with Crippen molar-refractivity contribution in [1.29, 1.82) is 0 Å². The summed E-state index contributed by atoms with van der Waals surface area (Å²) in [5, 5.41) is 24.3. The van der Waals surface area contributed by atoms with Gasteiger partial charge in [0.1, 0.15) is 0 Å². The maximum Gasteiger partial charge on any atom is 0.789 e. The molecule has 0 rings (SSSR count). The summed E-state index contributed by atoms with van der Waals surface area (Å²) in [6.07, 6.45) is 0. The molecular formula is C4H3BO9. The molecule has 0 heterocycles. The Labute approximate surface area is 76.0 Å². The van der Waals surface area contributed by atoms with Gasteiger partial charge in [-0.3, -0.25) is 0 Å². The zero-order valence-electron chi connectivity index (χ0n) is 6.37. The fourth-order valence-corrected chi connectivity index (χ4v) is 0.308. The van der Waals surface area contributed by atoms with Gasteiger partial charge in [0.25, 0.3) is 0 Å². The fourth-order valence-electron chi connectivity index (χ4n) is 0.308. The first-order chi connectivity index (χ1) is 6.34. The average molecular weight is 206 g/mol. The van der Waals surface area contributed by atoms with Crippen molar-refractivity contribution in [3.8, 4) is 0 Å². The summed E-state index contributed by atoms with van der Waals surface area (Å²) in [6.45, 7) is 0. The lowest BCUT2D eigenvalue weighted by Gasteiger charge is -2.03. The van der Waals surface area contributed by atoms with Crippen LogP contribution in [-0.4, -0.2) is 46.4 Å². The molecule has 9 nitrogen and oxygen atoms in total. The Bertz CT molecular complexity index is 255.